The molecule has 2 aromatic rings. The van der Waals surface area contributed by atoms with Crippen molar-refractivity contribution in [1.82, 2.24) is 9.78 Å². The average molecular weight is 287 g/mol. The van der Waals surface area contributed by atoms with Crippen molar-refractivity contribution in [2.24, 2.45) is 12.0 Å². The summed E-state index contributed by atoms with van der Waals surface area (Å²) < 4.78 is 7.85. The molecule has 20 heavy (non-hydrogen) atoms. The minimum Gasteiger partial charge on any atom is -0.543 e. The van der Waals surface area contributed by atoms with E-state index in [1.807, 2.05) is 31.6 Å². The summed E-state index contributed by atoms with van der Waals surface area (Å²) in [4.78, 5) is 4.55. The fourth-order valence-corrected chi connectivity index (χ4v) is 2.63. The molecular formula is C15H21N3OSi. The number of hydrogen-bond donors (Lipinski definition) is 0. The molecule has 4 nitrogen and oxygen atoms in total. The largest absolute Gasteiger partial charge is 0.543 e. The van der Waals surface area contributed by atoms with Crippen LogP contribution in [0.15, 0.2) is 35.6 Å². The van der Waals surface area contributed by atoms with Gasteiger partial charge in [-0.05, 0) is 44.3 Å². The smallest absolute Gasteiger partial charge is 0.242 e. The molecule has 2 rings (SSSR count). The first-order valence-corrected chi connectivity index (χ1v) is 10.1. The normalized spacial score (nSPS) is 12.1. The number of hydrogen-bond acceptors (Lipinski definition) is 3. The lowest BCUT2D eigenvalue weighted by Gasteiger charge is -2.20. The Morgan fingerprint density at radius 2 is 2.05 bits per heavy atom. The molecule has 0 aliphatic carbocycles. The standard InChI is InChI=1S/C15H21N3OSi/c1-12-6-7-15(19-20(3,4)5)14(8-12)16-9-13-10-17-18(2)11-13/h6-11H,1-5H3/b16-9+. The van der Waals surface area contributed by atoms with Crippen LogP contribution in [0.1, 0.15) is 11.1 Å². The van der Waals surface area contributed by atoms with Gasteiger partial charge in [-0.15, -0.1) is 0 Å². The number of aromatic nitrogens is 2. The summed E-state index contributed by atoms with van der Waals surface area (Å²) in [6.45, 7) is 8.56. The van der Waals surface area contributed by atoms with Crippen LogP contribution in [0, 0.1) is 6.92 Å². The van der Waals surface area contributed by atoms with Gasteiger partial charge < -0.3 is 4.43 Å². The predicted molar refractivity (Wildman–Crippen MR) is 85.6 cm³/mol. The molecule has 0 atom stereocenters. The quantitative estimate of drug-likeness (QED) is 0.635. The zero-order chi connectivity index (χ0) is 14.8. The third-order valence-corrected chi connectivity index (χ3v) is 3.44. The van der Waals surface area contributed by atoms with E-state index >= 15 is 0 Å². The molecule has 0 radical (unpaired) electrons. The van der Waals surface area contributed by atoms with E-state index in [9.17, 15) is 0 Å². The molecule has 5 heteroatoms. The highest BCUT2D eigenvalue weighted by Gasteiger charge is 2.18. The van der Waals surface area contributed by atoms with Crippen LogP contribution in [-0.2, 0) is 7.05 Å². The molecule has 0 unspecified atom stereocenters. The van der Waals surface area contributed by atoms with Crippen LogP contribution in [0.3, 0.4) is 0 Å². The number of aliphatic imine (C=N–C) groups is 1. The van der Waals surface area contributed by atoms with Gasteiger partial charge in [-0.2, -0.15) is 5.10 Å². The topological polar surface area (TPSA) is 39.4 Å². The van der Waals surface area contributed by atoms with Crippen LogP contribution < -0.4 is 4.43 Å². The molecule has 0 amide bonds. The summed E-state index contributed by atoms with van der Waals surface area (Å²) in [5.41, 5.74) is 3.02. The molecule has 0 saturated carbocycles. The van der Waals surface area contributed by atoms with Crippen molar-refractivity contribution >= 4 is 20.2 Å². The molecule has 1 aromatic heterocycles. The van der Waals surface area contributed by atoms with E-state index in [4.69, 9.17) is 4.43 Å². The Hall–Kier alpha value is -1.88. The fraction of sp³-hybridized carbons (Fsp3) is 0.333. The van der Waals surface area contributed by atoms with Crippen molar-refractivity contribution in [3.05, 3.63) is 41.7 Å². The van der Waals surface area contributed by atoms with Crippen molar-refractivity contribution in [2.75, 3.05) is 0 Å². The first-order valence-electron chi connectivity index (χ1n) is 6.66. The van der Waals surface area contributed by atoms with E-state index in [1.165, 1.54) is 5.56 Å². The Morgan fingerprint density at radius 1 is 1.30 bits per heavy atom. The molecule has 0 bridgehead atoms. The zero-order valence-corrected chi connectivity index (χ0v) is 13.7. The summed E-state index contributed by atoms with van der Waals surface area (Å²) in [6.07, 6.45) is 5.54. The van der Waals surface area contributed by atoms with Gasteiger partial charge in [0.1, 0.15) is 11.4 Å². The summed E-state index contributed by atoms with van der Waals surface area (Å²) >= 11 is 0. The lowest BCUT2D eigenvalue weighted by Crippen LogP contribution is -2.29. The first-order chi connectivity index (χ1) is 9.33. The molecule has 0 aliphatic heterocycles. The van der Waals surface area contributed by atoms with E-state index in [0.29, 0.717) is 0 Å². The van der Waals surface area contributed by atoms with Crippen molar-refractivity contribution < 1.29 is 4.43 Å². The fourth-order valence-electron chi connectivity index (χ4n) is 1.80. The van der Waals surface area contributed by atoms with E-state index in [0.717, 1.165) is 17.0 Å². The third-order valence-electron chi connectivity index (χ3n) is 2.61. The number of benzene rings is 1. The van der Waals surface area contributed by atoms with Crippen molar-refractivity contribution in [2.45, 2.75) is 26.6 Å². The third kappa shape index (κ3) is 4.06. The summed E-state index contributed by atoms with van der Waals surface area (Å²) in [7, 11) is 0.251. The Kier molecular flexibility index (Phi) is 4.08. The van der Waals surface area contributed by atoms with Crippen molar-refractivity contribution in [3.63, 3.8) is 0 Å². The van der Waals surface area contributed by atoms with E-state index < -0.39 is 8.32 Å². The van der Waals surface area contributed by atoms with Crippen LogP contribution in [0.2, 0.25) is 19.6 Å². The molecule has 0 fully saturated rings. The molecule has 0 aliphatic rings. The average Bonchev–Trinajstić information content (AvgIpc) is 2.74. The van der Waals surface area contributed by atoms with Crippen LogP contribution >= 0.6 is 0 Å². The molecule has 0 N–H and O–H groups in total. The highest BCUT2D eigenvalue weighted by atomic mass is 28.4. The van der Waals surface area contributed by atoms with Gasteiger partial charge >= 0.3 is 0 Å². The van der Waals surface area contributed by atoms with Gasteiger partial charge in [-0.1, -0.05) is 6.07 Å². The van der Waals surface area contributed by atoms with Crippen LogP contribution in [0.25, 0.3) is 0 Å². The molecule has 0 saturated heterocycles. The van der Waals surface area contributed by atoms with Crippen LogP contribution in [0.4, 0.5) is 5.69 Å². The maximum Gasteiger partial charge on any atom is 0.242 e. The first kappa shape index (κ1) is 14.5. The minimum atomic E-state index is -1.64. The van der Waals surface area contributed by atoms with Gasteiger partial charge in [0.05, 0.1) is 6.20 Å². The highest BCUT2D eigenvalue weighted by molar-refractivity contribution is 6.70. The number of aryl methyl sites for hydroxylation is 2. The Morgan fingerprint density at radius 3 is 2.65 bits per heavy atom. The van der Waals surface area contributed by atoms with Gasteiger partial charge in [0.2, 0.25) is 8.32 Å². The Labute approximate surface area is 121 Å². The minimum absolute atomic E-state index is 0.856. The number of nitrogens with zero attached hydrogens (tertiary/aromatic N) is 3. The van der Waals surface area contributed by atoms with E-state index in [2.05, 4.69) is 42.7 Å². The molecule has 106 valence electrons. The second-order valence-corrected chi connectivity index (χ2v) is 10.3. The summed E-state index contributed by atoms with van der Waals surface area (Å²) in [5, 5.41) is 4.13. The Balaban J connectivity index is 2.29. The molecule has 1 heterocycles. The van der Waals surface area contributed by atoms with Gasteiger partial charge in [0.15, 0.2) is 0 Å². The Bertz CT molecular complexity index is 626. The van der Waals surface area contributed by atoms with E-state index in [1.54, 1.807) is 10.9 Å². The second-order valence-electron chi connectivity index (χ2n) is 5.89. The van der Waals surface area contributed by atoms with Crippen LogP contribution in [-0.4, -0.2) is 24.3 Å². The molecule has 0 spiro atoms. The number of rotatable bonds is 4. The summed E-state index contributed by atoms with van der Waals surface area (Å²) in [5.74, 6) is 0.856. The van der Waals surface area contributed by atoms with Gasteiger partial charge in [-0.25, -0.2) is 0 Å². The van der Waals surface area contributed by atoms with Gasteiger partial charge in [0.25, 0.3) is 0 Å². The maximum absolute atomic E-state index is 6.09. The SMILES string of the molecule is Cc1ccc(O[Si](C)(C)C)c(/N=C/c2cnn(C)c2)c1. The van der Waals surface area contributed by atoms with Crippen molar-refractivity contribution in [1.29, 1.82) is 0 Å². The van der Waals surface area contributed by atoms with Crippen LogP contribution in [0.5, 0.6) is 5.75 Å². The lowest BCUT2D eigenvalue weighted by atomic mass is 10.2. The second kappa shape index (κ2) is 5.62. The molecular weight excluding hydrogens is 266 g/mol. The zero-order valence-electron chi connectivity index (χ0n) is 12.7. The maximum atomic E-state index is 6.09. The van der Waals surface area contributed by atoms with Crippen molar-refractivity contribution in [3.8, 4) is 5.75 Å². The summed E-state index contributed by atoms with van der Waals surface area (Å²) in [6, 6.07) is 6.10. The monoisotopic (exact) mass is 287 g/mol. The lowest BCUT2D eigenvalue weighted by molar-refractivity contribution is 0.559. The highest BCUT2D eigenvalue weighted by Crippen LogP contribution is 2.30. The van der Waals surface area contributed by atoms with Gasteiger partial charge in [0, 0.05) is 25.0 Å². The molecule has 1 aromatic carbocycles. The van der Waals surface area contributed by atoms with Gasteiger partial charge in [-0.3, -0.25) is 9.67 Å². The predicted octanol–water partition coefficient (Wildman–Crippen LogP) is 3.69. The van der Waals surface area contributed by atoms with E-state index in [-0.39, 0.29) is 0 Å².